The SMILES string of the molecule is CCCC1(C(=O)O)CCN(C(=O)C2C=CC(N)C2)CC1. The van der Waals surface area contributed by atoms with Gasteiger partial charge in [-0.25, -0.2) is 0 Å². The van der Waals surface area contributed by atoms with Crippen molar-refractivity contribution in [1.82, 2.24) is 4.90 Å². The van der Waals surface area contributed by atoms with Crippen LogP contribution in [0, 0.1) is 11.3 Å². The summed E-state index contributed by atoms with van der Waals surface area (Å²) in [7, 11) is 0. The topological polar surface area (TPSA) is 83.6 Å². The van der Waals surface area contributed by atoms with Crippen molar-refractivity contribution < 1.29 is 14.7 Å². The third-order valence-corrected chi connectivity index (χ3v) is 4.65. The number of rotatable bonds is 4. The van der Waals surface area contributed by atoms with Crippen LogP contribution in [0.4, 0.5) is 0 Å². The van der Waals surface area contributed by atoms with Crippen molar-refractivity contribution in [1.29, 1.82) is 0 Å². The molecule has 1 aliphatic carbocycles. The maximum absolute atomic E-state index is 12.4. The van der Waals surface area contributed by atoms with Gasteiger partial charge < -0.3 is 15.7 Å². The number of carbonyl (C=O) groups is 2. The van der Waals surface area contributed by atoms with Crippen LogP contribution in [0.5, 0.6) is 0 Å². The summed E-state index contributed by atoms with van der Waals surface area (Å²) in [5.74, 6) is -0.729. The van der Waals surface area contributed by atoms with Gasteiger partial charge >= 0.3 is 5.97 Å². The maximum atomic E-state index is 12.4. The van der Waals surface area contributed by atoms with E-state index in [2.05, 4.69) is 0 Å². The average Bonchev–Trinajstić information content (AvgIpc) is 2.85. The van der Waals surface area contributed by atoms with Crippen LogP contribution in [0.1, 0.15) is 39.0 Å². The second kappa shape index (κ2) is 5.95. The average molecular weight is 280 g/mol. The van der Waals surface area contributed by atoms with Crippen LogP contribution in [0.15, 0.2) is 12.2 Å². The molecule has 20 heavy (non-hydrogen) atoms. The standard InChI is InChI=1S/C15H24N2O3/c1-2-5-15(14(19)20)6-8-17(9-7-15)13(18)11-3-4-12(16)10-11/h3-4,11-12H,2,5-10,16H2,1H3,(H,19,20). The highest BCUT2D eigenvalue weighted by Gasteiger charge is 2.42. The summed E-state index contributed by atoms with van der Waals surface area (Å²) >= 11 is 0. The van der Waals surface area contributed by atoms with Crippen molar-refractivity contribution in [2.24, 2.45) is 17.1 Å². The van der Waals surface area contributed by atoms with E-state index in [1.54, 1.807) is 0 Å². The van der Waals surface area contributed by atoms with E-state index in [1.807, 2.05) is 24.0 Å². The number of aliphatic carboxylic acids is 1. The number of piperidine rings is 1. The minimum absolute atomic E-state index is 0.0213. The van der Waals surface area contributed by atoms with Crippen molar-refractivity contribution in [3.63, 3.8) is 0 Å². The zero-order chi connectivity index (χ0) is 14.8. The molecule has 2 unspecified atom stereocenters. The first kappa shape index (κ1) is 15.0. The lowest BCUT2D eigenvalue weighted by atomic mass is 9.75. The number of carboxylic acids is 1. The quantitative estimate of drug-likeness (QED) is 0.762. The molecule has 0 radical (unpaired) electrons. The van der Waals surface area contributed by atoms with Crippen molar-refractivity contribution in [3.8, 4) is 0 Å². The van der Waals surface area contributed by atoms with E-state index >= 15 is 0 Å². The van der Waals surface area contributed by atoms with Crippen LogP contribution in [0.25, 0.3) is 0 Å². The predicted molar refractivity (Wildman–Crippen MR) is 76.0 cm³/mol. The molecule has 1 fully saturated rings. The van der Waals surface area contributed by atoms with E-state index in [-0.39, 0.29) is 17.9 Å². The molecule has 0 aromatic carbocycles. The zero-order valence-electron chi connectivity index (χ0n) is 12.0. The Balaban J connectivity index is 1.95. The smallest absolute Gasteiger partial charge is 0.309 e. The number of likely N-dealkylation sites (tertiary alicyclic amines) is 1. The first-order chi connectivity index (χ1) is 9.48. The van der Waals surface area contributed by atoms with E-state index < -0.39 is 11.4 Å². The highest BCUT2D eigenvalue weighted by atomic mass is 16.4. The molecule has 0 aromatic rings. The third kappa shape index (κ3) is 2.87. The lowest BCUT2D eigenvalue weighted by molar-refractivity contribution is -0.155. The Labute approximate surface area is 119 Å². The highest BCUT2D eigenvalue weighted by molar-refractivity contribution is 5.82. The number of hydrogen-bond donors (Lipinski definition) is 2. The molecule has 112 valence electrons. The number of carbonyl (C=O) groups excluding carboxylic acids is 1. The van der Waals surface area contributed by atoms with Crippen molar-refractivity contribution in [2.45, 2.75) is 45.1 Å². The van der Waals surface area contributed by atoms with Crippen molar-refractivity contribution in [2.75, 3.05) is 13.1 Å². The summed E-state index contributed by atoms with van der Waals surface area (Å²) in [6.45, 7) is 3.10. The number of amides is 1. The molecule has 1 amide bonds. The van der Waals surface area contributed by atoms with Gasteiger partial charge in [-0.2, -0.15) is 0 Å². The molecule has 0 saturated carbocycles. The van der Waals surface area contributed by atoms with E-state index in [0.29, 0.717) is 38.8 Å². The summed E-state index contributed by atoms with van der Waals surface area (Å²) in [4.78, 5) is 25.7. The maximum Gasteiger partial charge on any atom is 0.309 e. The van der Waals surface area contributed by atoms with Gasteiger partial charge in [-0.1, -0.05) is 25.5 Å². The Morgan fingerprint density at radius 1 is 1.35 bits per heavy atom. The van der Waals surface area contributed by atoms with Gasteiger partial charge in [-0.15, -0.1) is 0 Å². The summed E-state index contributed by atoms with van der Waals surface area (Å²) in [5, 5.41) is 9.46. The lowest BCUT2D eigenvalue weighted by Crippen LogP contribution is -2.48. The predicted octanol–water partition coefficient (Wildman–Crippen LogP) is 1.38. The Morgan fingerprint density at radius 3 is 2.45 bits per heavy atom. The Hall–Kier alpha value is -1.36. The molecule has 5 heteroatoms. The second-order valence-electron chi connectivity index (χ2n) is 6.05. The Bertz CT molecular complexity index is 411. The van der Waals surface area contributed by atoms with Gasteiger partial charge in [-0.3, -0.25) is 9.59 Å². The molecule has 0 aromatic heterocycles. The van der Waals surface area contributed by atoms with E-state index in [4.69, 9.17) is 5.73 Å². The van der Waals surface area contributed by atoms with Crippen molar-refractivity contribution >= 4 is 11.9 Å². The Morgan fingerprint density at radius 2 is 2.00 bits per heavy atom. The minimum atomic E-state index is -0.714. The van der Waals surface area contributed by atoms with E-state index in [0.717, 1.165) is 6.42 Å². The third-order valence-electron chi connectivity index (χ3n) is 4.65. The number of hydrogen-bond acceptors (Lipinski definition) is 3. The largest absolute Gasteiger partial charge is 0.481 e. The van der Waals surface area contributed by atoms with E-state index in [9.17, 15) is 14.7 Å². The molecule has 1 saturated heterocycles. The fraction of sp³-hybridized carbons (Fsp3) is 0.733. The molecule has 5 nitrogen and oxygen atoms in total. The monoisotopic (exact) mass is 280 g/mol. The van der Waals surface area contributed by atoms with Gasteiger partial charge in [0.05, 0.1) is 11.3 Å². The molecule has 2 aliphatic rings. The number of nitrogens with zero attached hydrogens (tertiary/aromatic N) is 1. The molecule has 0 spiro atoms. The normalized spacial score (nSPS) is 28.6. The molecular weight excluding hydrogens is 256 g/mol. The van der Waals surface area contributed by atoms with Gasteiger partial charge in [0.2, 0.25) is 5.91 Å². The van der Waals surface area contributed by atoms with Gasteiger partial charge in [0.15, 0.2) is 0 Å². The zero-order valence-corrected chi connectivity index (χ0v) is 12.0. The van der Waals surface area contributed by atoms with Crippen LogP contribution < -0.4 is 5.73 Å². The van der Waals surface area contributed by atoms with Gasteiger partial charge in [0.1, 0.15) is 0 Å². The molecule has 3 N–H and O–H groups in total. The molecule has 2 rings (SSSR count). The van der Waals surface area contributed by atoms with Gasteiger partial charge in [0, 0.05) is 19.1 Å². The summed E-state index contributed by atoms with van der Waals surface area (Å²) in [5.41, 5.74) is 5.15. The highest BCUT2D eigenvalue weighted by Crippen LogP contribution is 2.37. The van der Waals surface area contributed by atoms with Crippen LogP contribution >= 0.6 is 0 Å². The molecule has 0 bridgehead atoms. The van der Waals surface area contributed by atoms with Crippen molar-refractivity contribution in [3.05, 3.63) is 12.2 Å². The summed E-state index contributed by atoms with van der Waals surface area (Å²) < 4.78 is 0. The van der Waals surface area contributed by atoms with Crippen LogP contribution in [0.2, 0.25) is 0 Å². The molecule has 2 atom stereocenters. The molecular formula is C15H24N2O3. The molecule has 1 heterocycles. The lowest BCUT2D eigenvalue weighted by Gasteiger charge is -2.39. The van der Waals surface area contributed by atoms with Crippen LogP contribution in [0.3, 0.4) is 0 Å². The van der Waals surface area contributed by atoms with Gasteiger partial charge in [-0.05, 0) is 25.7 Å². The fourth-order valence-electron chi connectivity index (χ4n) is 3.35. The van der Waals surface area contributed by atoms with E-state index in [1.165, 1.54) is 0 Å². The summed E-state index contributed by atoms with van der Waals surface area (Å²) in [6, 6.07) is -0.0213. The Kier molecular flexibility index (Phi) is 4.48. The van der Waals surface area contributed by atoms with Crippen LogP contribution in [-0.2, 0) is 9.59 Å². The minimum Gasteiger partial charge on any atom is -0.481 e. The number of nitrogens with two attached hydrogens (primary N) is 1. The first-order valence-corrected chi connectivity index (χ1v) is 7.44. The van der Waals surface area contributed by atoms with Crippen LogP contribution in [-0.4, -0.2) is 41.0 Å². The first-order valence-electron chi connectivity index (χ1n) is 7.44. The fourth-order valence-corrected chi connectivity index (χ4v) is 3.35. The molecule has 1 aliphatic heterocycles. The number of carboxylic acid groups (broad SMARTS) is 1. The summed E-state index contributed by atoms with van der Waals surface area (Å²) in [6.07, 6.45) is 7.12. The van der Waals surface area contributed by atoms with Gasteiger partial charge in [0.25, 0.3) is 0 Å². The second-order valence-corrected chi connectivity index (χ2v) is 6.05.